The molecule has 37 heavy (non-hydrogen) atoms. The molecule has 1 atom stereocenters. The molecule has 1 saturated heterocycles. The quantitative estimate of drug-likeness (QED) is 0.546. The summed E-state index contributed by atoms with van der Waals surface area (Å²) in [5, 5.41) is 4.77. The third-order valence-electron chi connectivity index (χ3n) is 7.17. The first-order chi connectivity index (χ1) is 18.0. The number of unbranched alkanes of at least 4 members (excludes halogenated alkanes) is 1. The van der Waals surface area contributed by atoms with Crippen molar-refractivity contribution in [3.05, 3.63) is 46.7 Å². The number of aryl methyl sites for hydroxylation is 2. The van der Waals surface area contributed by atoms with Crippen molar-refractivity contribution in [1.29, 1.82) is 0 Å². The van der Waals surface area contributed by atoms with Crippen molar-refractivity contribution in [1.82, 2.24) is 19.6 Å². The van der Waals surface area contributed by atoms with Gasteiger partial charge in [-0.15, -0.1) is 0 Å². The minimum Gasteiger partial charge on any atom is -0.491 e. The van der Waals surface area contributed by atoms with Crippen LogP contribution in [0, 0.1) is 0 Å². The fraction of sp³-hybridized carbons (Fsp3) is 0.607. The molecule has 2 aliphatic heterocycles. The molecule has 8 nitrogen and oxygen atoms in total. The number of carbonyl (C=O) groups is 2. The molecule has 2 amide bonds. The molecule has 1 aromatic carbocycles. The van der Waals surface area contributed by atoms with Gasteiger partial charge >= 0.3 is 0 Å². The summed E-state index contributed by atoms with van der Waals surface area (Å²) in [4.78, 5) is 31.2. The van der Waals surface area contributed by atoms with Gasteiger partial charge in [-0.05, 0) is 50.2 Å². The third kappa shape index (κ3) is 6.47. The number of hydrogen-bond acceptors (Lipinski definition) is 5. The highest BCUT2D eigenvalue weighted by Gasteiger charge is 2.47. The Morgan fingerprint density at radius 2 is 1.95 bits per heavy atom. The van der Waals surface area contributed by atoms with Crippen LogP contribution >= 0.6 is 11.6 Å². The van der Waals surface area contributed by atoms with Crippen LogP contribution in [-0.4, -0.2) is 76.4 Å². The Kier molecular flexibility index (Phi) is 9.49. The summed E-state index contributed by atoms with van der Waals surface area (Å²) in [6, 6.07) is 8.13. The van der Waals surface area contributed by atoms with E-state index in [9.17, 15) is 9.59 Å². The molecule has 9 heteroatoms. The van der Waals surface area contributed by atoms with Gasteiger partial charge in [0, 0.05) is 25.8 Å². The summed E-state index contributed by atoms with van der Waals surface area (Å²) in [6.07, 6.45) is 7.58. The van der Waals surface area contributed by atoms with Crippen molar-refractivity contribution >= 4 is 23.4 Å². The predicted octanol–water partition coefficient (Wildman–Crippen LogP) is 4.59. The molecule has 0 bridgehead atoms. The maximum Gasteiger partial charge on any atom is 0.276 e. The van der Waals surface area contributed by atoms with Gasteiger partial charge in [-0.2, -0.15) is 5.10 Å². The van der Waals surface area contributed by atoms with E-state index in [-0.39, 0.29) is 24.1 Å². The number of halogens is 1. The van der Waals surface area contributed by atoms with E-state index in [4.69, 9.17) is 21.1 Å². The summed E-state index contributed by atoms with van der Waals surface area (Å²) in [7, 11) is 0. The lowest BCUT2D eigenvalue weighted by Gasteiger charge is -2.44. The van der Waals surface area contributed by atoms with Crippen LogP contribution in [0.2, 0.25) is 5.02 Å². The fourth-order valence-electron chi connectivity index (χ4n) is 5.18. The number of ether oxygens (including phenoxy) is 2. The lowest BCUT2D eigenvalue weighted by atomic mass is 9.90. The molecular weight excluding hydrogens is 492 g/mol. The van der Waals surface area contributed by atoms with Gasteiger partial charge in [0.15, 0.2) is 11.3 Å². The summed E-state index contributed by atoms with van der Waals surface area (Å²) in [5.74, 6) is 0.586. The zero-order valence-electron chi connectivity index (χ0n) is 22.1. The molecule has 0 radical (unpaired) electrons. The molecule has 4 rings (SSSR count). The minimum atomic E-state index is -1.08. The number of carbonyl (C=O) groups excluding carboxylic acids is 2. The number of rotatable bonds is 6. The Labute approximate surface area is 224 Å². The Bertz CT molecular complexity index is 1070. The van der Waals surface area contributed by atoms with Crippen LogP contribution in [0.4, 0.5) is 0 Å². The van der Waals surface area contributed by atoms with Gasteiger partial charge in [0.05, 0.1) is 24.7 Å². The summed E-state index contributed by atoms with van der Waals surface area (Å²) in [6.45, 7) is 7.26. The minimum absolute atomic E-state index is 0.0569. The van der Waals surface area contributed by atoms with Gasteiger partial charge in [-0.3, -0.25) is 14.3 Å². The van der Waals surface area contributed by atoms with E-state index < -0.39 is 5.60 Å². The largest absolute Gasteiger partial charge is 0.491 e. The zero-order valence-corrected chi connectivity index (χ0v) is 22.8. The van der Waals surface area contributed by atoms with Crippen molar-refractivity contribution < 1.29 is 19.1 Å². The second kappa shape index (κ2) is 12.8. The second-order valence-electron chi connectivity index (χ2n) is 9.97. The SMILES string of the molecule is CCCCN1CCOc2ccccc2CCCCC2(CN(C(=O)c3nn(CCC)cc3Cl)CCO2)C1=O. The molecule has 2 aromatic rings. The van der Waals surface area contributed by atoms with Gasteiger partial charge in [0.2, 0.25) is 0 Å². The van der Waals surface area contributed by atoms with E-state index in [1.54, 1.807) is 15.8 Å². The molecule has 1 aromatic heterocycles. The van der Waals surface area contributed by atoms with Crippen LogP contribution in [0.25, 0.3) is 0 Å². The number of amides is 2. The van der Waals surface area contributed by atoms with Gasteiger partial charge in [-0.25, -0.2) is 0 Å². The fourth-order valence-corrected chi connectivity index (χ4v) is 5.41. The smallest absolute Gasteiger partial charge is 0.276 e. The highest BCUT2D eigenvalue weighted by Crippen LogP contribution is 2.31. The van der Waals surface area contributed by atoms with Crippen molar-refractivity contribution in [3.8, 4) is 5.75 Å². The van der Waals surface area contributed by atoms with Crippen LogP contribution in [0.1, 0.15) is 68.4 Å². The summed E-state index contributed by atoms with van der Waals surface area (Å²) < 4.78 is 14.1. The number of fused-ring (bicyclic) bond motifs is 1. The Morgan fingerprint density at radius 3 is 2.76 bits per heavy atom. The van der Waals surface area contributed by atoms with E-state index in [2.05, 4.69) is 18.1 Å². The second-order valence-corrected chi connectivity index (χ2v) is 10.4. The van der Waals surface area contributed by atoms with E-state index in [1.165, 1.54) is 5.56 Å². The van der Waals surface area contributed by atoms with E-state index >= 15 is 0 Å². The number of aromatic nitrogens is 2. The molecule has 2 aliphatic rings. The molecule has 202 valence electrons. The first-order valence-electron chi connectivity index (χ1n) is 13.6. The van der Waals surface area contributed by atoms with Gasteiger partial charge < -0.3 is 19.3 Å². The zero-order chi connectivity index (χ0) is 26.3. The maximum absolute atomic E-state index is 14.1. The van der Waals surface area contributed by atoms with Crippen LogP contribution < -0.4 is 4.74 Å². The lowest BCUT2D eigenvalue weighted by molar-refractivity contribution is -0.170. The lowest BCUT2D eigenvalue weighted by Crippen LogP contribution is -2.62. The molecule has 1 spiro atoms. The van der Waals surface area contributed by atoms with E-state index in [0.29, 0.717) is 50.8 Å². The highest BCUT2D eigenvalue weighted by molar-refractivity contribution is 6.33. The third-order valence-corrected chi connectivity index (χ3v) is 7.45. The van der Waals surface area contributed by atoms with Gasteiger partial charge in [0.1, 0.15) is 12.4 Å². The summed E-state index contributed by atoms with van der Waals surface area (Å²) in [5.41, 5.74) is 0.335. The predicted molar refractivity (Wildman–Crippen MR) is 143 cm³/mol. The average molecular weight is 531 g/mol. The molecule has 1 unspecified atom stereocenters. The first-order valence-corrected chi connectivity index (χ1v) is 14.0. The standard InChI is InChI=1S/C28H39ClN4O4/c1-3-5-15-31-16-18-36-24-12-7-6-10-22(24)11-8-9-13-28(27(31)35)21-32(17-19-37-28)26(34)25-23(29)20-33(30-25)14-4-2/h6-7,10,12,20H,3-5,8-9,11,13-19,21H2,1-2H3. The summed E-state index contributed by atoms with van der Waals surface area (Å²) >= 11 is 6.39. The van der Waals surface area contributed by atoms with Crippen LogP contribution in [0.5, 0.6) is 5.75 Å². The Balaban J connectivity index is 1.58. The number of morpholine rings is 1. The Hall–Kier alpha value is -2.58. The number of nitrogens with zero attached hydrogens (tertiary/aromatic N) is 4. The molecule has 0 saturated carbocycles. The molecule has 0 aliphatic carbocycles. The van der Waals surface area contributed by atoms with Crippen LogP contribution in [0.15, 0.2) is 30.5 Å². The van der Waals surface area contributed by atoms with Gasteiger partial charge in [0.25, 0.3) is 11.8 Å². The molecule has 1 fully saturated rings. The van der Waals surface area contributed by atoms with Crippen molar-refractivity contribution in [2.24, 2.45) is 0 Å². The topological polar surface area (TPSA) is 76.9 Å². The van der Waals surface area contributed by atoms with Gasteiger partial charge in [-0.1, -0.05) is 50.1 Å². The highest BCUT2D eigenvalue weighted by atomic mass is 35.5. The van der Waals surface area contributed by atoms with E-state index in [1.807, 2.05) is 30.0 Å². The molecule has 0 N–H and O–H groups in total. The van der Waals surface area contributed by atoms with Crippen LogP contribution in [-0.2, 0) is 22.5 Å². The van der Waals surface area contributed by atoms with Crippen molar-refractivity contribution in [3.63, 3.8) is 0 Å². The first kappa shape index (κ1) is 27.5. The normalized spacial score (nSPS) is 21.2. The average Bonchev–Trinajstić information content (AvgIpc) is 3.28. The van der Waals surface area contributed by atoms with Crippen molar-refractivity contribution in [2.75, 3.05) is 39.4 Å². The maximum atomic E-state index is 14.1. The number of para-hydroxylation sites is 1. The number of hydrogen-bond donors (Lipinski definition) is 0. The van der Waals surface area contributed by atoms with Crippen molar-refractivity contribution in [2.45, 2.75) is 70.9 Å². The monoisotopic (exact) mass is 530 g/mol. The van der Waals surface area contributed by atoms with Crippen LogP contribution in [0.3, 0.4) is 0 Å². The molecular formula is C28H39ClN4O4. The molecule has 3 heterocycles. The van der Waals surface area contributed by atoms with E-state index in [0.717, 1.165) is 44.3 Å². The number of benzene rings is 1. The Morgan fingerprint density at radius 1 is 1.11 bits per heavy atom.